The highest BCUT2D eigenvalue weighted by atomic mass is 79.9. The molecule has 0 aliphatic carbocycles. The summed E-state index contributed by atoms with van der Waals surface area (Å²) in [6.45, 7) is 1.94. The van der Waals surface area contributed by atoms with Crippen molar-refractivity contribution in [1.82, 2.24) is 0 Å². The van der Waals surface area contributed by atoms with Gasteiger partial charge in [0.05, 0.1) is 11.6 Å². The number of hydrogen-bond donors (Lipinski definition) is 2. The zero-order valence-electron chi connectivity index (χ0n) is 12.4. The number of carbonyl (C=O) groups excluding carboxylic acids is 2. The fraction of sp³-hybridized carbons (Fsp3) is 0.118. The molecule has 0 radical (unpaired) electrons. The Morgan fingerprint density at radius 3 is 2.35 bits per heavy atom. The number of halogens is 1. The molecule has 0 atom stereocenters. The maximum Gasteiger partial charge on any atom is 0.233 e. The molecule has 0 saturated heterocycles. The Morgan fingerprint density at radius 2 is 1.74 bits per heavy atom. The molecule has 0 fully saturated rings. The number of rotatable bonds is 4. The Hall–Kier alpha value is -2.65. The van der Waals surface area contributed by atoms with Crippen molar-refractivity contribution < 1.29 is 9.59 Å². The van der Waals surface area contributed by atoms with Crippen LogP contribution in [0.3, 0.4) is 0 Å². The summed E-state index contributed by atoms with van der Waals surface area (Å²) in [5.74, 6) is -0.849. The Bertz CT molecular complexity index is 797. The summed E-state index contributed by atoms with van der Waals surface area (Å²) < 4.78 is 0.882. The van der Waals surface area contributed by atoms with Crippen molar-refractivity contribution in [3.05, 3.63) is 58.1 Å². The predicted octanol–water partition coefficient (Wildman–Crippen LogP) is 3.60. The van der Waals surface area contributed by atoms with Gasteiger partial charge < -0.3 is 10.6 Å². The molecule has 0 heterocycles. The van der Waals surface area contributed by atoms with E-state index in [4.69, 9.17) is 5.26 Å². The van der Waals surface area contributed by atoms with Gasteiger partial charge in [0, 0.05) is 15.8 Å². The van der Waals surface area contributed by atoms with Crippen LogP contribution >= 0.6 is 15.9 Å². The molecular formula is C17H14BrN3O2. The summed E-state index contributed by atoms with van der Waals surface area (Å²) in [6.07, 6.45) is -0.303. The van der Waals surface area contributed by atoms with E-state index in [2.05, 4.69) is 26.6 Å². The van der Waals surface area contributed by atoms with Gasteiger partial charge in [0.25, 0.3) is 0 Å². The number of nitriles is 1. The average molecular weight is 372 g/mol. The van der Waals surface area contributed by atoms with Gasteiger partial charge in [-0.2, -0.15) is 5.26 Å². The highest BCUT2D eigenvalue weighted by Crippen LogP contribution is 2.20. The molecule has 0 saturated carbocycles. The first-order chi connectivity index (χ1) is 11.0. The number of aryl methyl sites for hydroxylation is 1. The lowest BCUT2D eigenvalue weighted by Crippen LogP contribution is -2.21. The lowest BCUT2D eigenvalue weighted by molar-refractivity contribution is -0.123. The van der Waals surface area contributed by atoms with Gasteiger partial charge in [-0.15, -0.1) is 0 Å². The Morgan fingerprint density at radius 1 is 1.09 bits per heavy atom. The minimum Gasteiger partial charge on any atom is -0.326 e. The van der Waals surface area contributed by atoms with Crippen molar-refractivity contribution in [2.24, 2.45) is 0 Å². The van der Waals surface area contributed by atoms with Crippen LogP contribution in [0.5, 0.6) is 0 Å². The maximum absolute atomic E-state index is 11.9. The van der Waals surface area contributed by atoms with E-state index in [9.17, 15) is 9.59 Å². The van der Waals surface area contributed by atoms with Crippen molar-refractivity contribution in [2.45, 2.75) is 13.3 Å². The molecule has 2 N–H and O–H groups in total. The molecule has 5 nitrogen and oxygen atoms in total. The van der Waals surface area contributed by atoms with Crippen LogP contribution in [0.2, 0.25) is 0 Å². The number of carbonyl (C=O) groups is 2. The average Bonchev–Trinajstić information content (AvgIpc) is 2.51. The number of benzene rings is 2. The van der Waals surface area contributed by atoms with Crippen molar-refractivity contribution in [3.8, 4) is 6.07 Å². The van der Waals surface area contributed by atoms with Crippen LogP contribution in [0, 0.1) is 18.3 Å². The first-order valence-electron chi connectivity index (χ1n) is 6.84. The van der Waals surface area contributed by atoms with Crippen LogP contribution in [-0.4, -0.2) is 11.8 Å². The summed E-state index contributed by atoms with van der Waals surface area (Å²) in [5, 5.41) is 14.1. The molecular weight excluding hydrogens is 358 g/mol. The molecule has 2 aromatic carbocycles. The van der Waals surface area contributed by atoms with Crippen molar-refractivity contribution in [2.75, 3.05) is 10.6 Å². The second kappa shape index (κ2) is 7.56. The molecule has 2 amide bonds. The van der Waals surface area contributed by atoms with Gasteiger partial charge in [0.2, 0.25) is 11.8 Å². The van der Waals surface area contributed by atoms with Crippen molar-refractivity contribution in [3.63, 3.8) is 0 Å². The number of amides is 2. The molecule has 0 aromatic heterocycles. The standard InChI is InChI=1S/C17H14BrN3O2/c1-11-5-6-14(8-15(11)18)21-17(23)9-16(22)20-13-4-2-3-12(7-13)10-19/h2-8H,9H2,1H3,(H,20,22)(H,21,23). The summed E-state index contributed by atoms with van der Waals surface area (Å²) in [6, 6.07) is 13.9. The van der Waals surface area contributed by atoms with Gasteiger partial charge in [-0.1, -0.05) is 28.1 Å². The Kier molecular flexibility index (Phi) is 5.50. The van der Waals surface area contributed by atoms with E-state index in [1.165, 1.54) is 0 Å². The van der Waals surface area contributed by atoms with Crippen LogP contribution in [-0.2, 0) is 9.59 Å². The van der Waals surface area contributed by atoms with Crippen molar-refractivity contribution in [1.29, 1.82) is 5.26 Å². The molecule has 6 heteroatoms. The fourth-order valence-corrected chi connectivity index (χ4v) is 2.27. The molecule has 2 aromatic rings. The summed E-state index contributed by atoms with van der Waals surface area (Å²) in [4.78, 5) is 23.8. The predicted molar refractivity (Wildman–Crippen MR) is 91.9 cm³/mol. The van der Waals surface area contributed by atoms with E-state index in [0.29, 0.717) is 16.9 Å². The maximum atomic E-state index is 11.9. The Labute approximate surface area is 142 Å². The summed E-state index contributed by atoms with van der Waals surface area (Å²) in [5.41, 5.74) is 2.60. The third kappa shape index (κ3) is 4.94. The number of anilines is 2. The van der Waals surface area contributed by atoms with Gasteiger partial charge in [0.1, 0.15) is 6.42 Å². The summed E-state index contributed by atoms with van der Waals surface area (Å²) in [7, 11) is 0. The smallest absolute Gasteiger partial charge is 0.233 e. The van der Waals surface area contributed by atoms with Crippen LogP contribution in [0.4, 0.5) is 11.4 Å². The molecule has 0 bridgehead atoms. The monoisotopic (exact) mass is 371 g/mol. The van der Waals surface area contributed by atoms with Crippen LogP contribution in [0.25, 0.3) is 0 Å². The first kappa shape index (κ1) is 16.7. The molecule has 23 heavy (non-hydrogen) atoms. The second-order valence-corrected chi connectivity index (χ2v) is 5.78. The van der Waals surface area contributed by atoms with E-state index in [1.54, 1.807) is 36.4 Å². The van der Waals surface area contributed by atoms with Crippen molar-refractivity contribution >= 4 is 39.1 Å². The minimum absolute atomic E-state index is 0.303. The first-order valence-corrected chi connectivity index (χ1v) is 7.63. The van der Waals surface area contributed by atoms with E-state index >= 15 is 0 Å². The number of nitrogens with one attached hydrogen (secondary N) is 2. The lowest BCUT2D eigenvalue weighted by Gasteiger charge is -2.08. The SMILES string of the molecule is Cc1ccc(NC(=O)CC(=O)Nc2cccc(C#N)c2)cc1Br. The Balaban J connectivity index is 1.93. The summed E-state index contributed by atoms with van der Waals surface area (Å²) >= 11 is 3.39. The van der Waals surface area contributed by atoms with Gasteiger partial charge in [-0.25, -0.2) is 0 Å². The molecule has 0 aliphatic heterocycles. The zero-order chi connectivity index (χ0) is 16.8. The number of hydrogen-bond acceptors (Lipinski definition) is 3. The van der Waals surface area contributed by atoms with Crippen LogP contribution < -0.4 is 10.6 Å². The van der Waals surface area contributed by atoms with Gasteiger partial charge in [-0.3, -0.25) is 9.59 Å². The normalized spacial score (nSPS) is 9.78. The largest absolute Gasteiger partial charge is 0.326 e. The van der Waals surface area contributed by atoms with Gasteiger partial charge >= 0.3 is 0 Å². The zero-order valence-corrected chi connectivity index (χ0v) is 14.0. The lowest BCUT2D eigenvalue weighted by atomic mass is 10.2. The van der Waals surface area contributed by atoms with Crippen LogP contribution in [0.15, 0.2) is 46.9 Å². The third-order valence-electron chi connectivity index (χ3n) is 3.05. The molecule has 0 spiro atoms. The third-order valence-corrected chi connectivity index (χ3v) is 3.91. The molecule has 0 unspecified atom stereocenters. The number of nitrogens with zero attached hydrogens (tertiary/aromatic N) is 1. The van der Waals surface area contributed by atoms with E-state index in [-0.39, 0.29) is 6.42 Å². The molecule has 2 rings (SSSR count). The highest BCUT2D eigenvalue weighted by molar-refractivity contribution is 9.10. The van der Waals surface area contributed by atoms with E-state index in [0.717, 1.165) is 10.0 Å². The molecule has 116 valence electrons. The van der Waals surface area contributed by atoms with Gasteiger partial charge in [0.15, 0.2) is 0 Å². The minimum atomic E-state index is -0.441. The molecule has 0 aliphatic rings. The van der Waals surface area contributed by atoms with Gasteiger partial charge in [-0.05, 0) is 42.8 Å². The van der Waals surface area contributed by atoms with E-state index in [1.807, 2.05) is 19.1 Å². The van der Waals surface area contributed by atoms with E-state index < -0.39 is 11.8 Å². The fourth-order valence-electron chi connectivity index (χ4n) is 1.89. The second-order valence-electron chi connectivity index (χ2n) is 4.93. The highest BCUT2D eigenvalue weighted by Gasteiger charge is 2.10. The quantitative estimate of drug-likeness (QED) is 0.805. The topological polar surface area (TPSA) is 82.0 Å². The van der Waals surface area contributed by atoms with Crippen LogP contribution in [0.1, 0.15) is 17.5 Å².